The van der Waals surface area contributed by atoms with Crippen molar-refractivity contribution < 1.29 is 39.2 Å². The number of esters is 2. The van der Waals surface area contributed by atoms with Gasteiger partial charge >= 0.3 is 17.6 Å². The average molecular weight is 547 g/mol. The molecule has 3 rings (SSSR count). The van der Waals surface area contributed by atoms with Gasteiger partial charge in [0.1, 0.15) is 23.9 Å². The number of hydrogen-bond acceptors (Lipinski definition) is 12. The Hall–Kier alpha value is -4.30. The summed E-state index contributed by atoms with van der Waals surface area (Å²) >= 11 is 5.88. The van der Waals surface area contributed by atoms with Gasteiger partial charge in [-0.3, -0.25) is 9.59 Å². The molecule has 0 aliphatic carbocycles. The van der Waals surface area contributed by atoms with Crippen LogP contribution in [0.4, 0.5) is 5.82 Å². The molecule has 0 aliphatic rings. The highest BCUT2D eigenvalue weighted by Crippen LogP contribution is 2.18. The highest BCUT2D eigenvalue weighted by molar-refractivity contribution is 6.30. The summed E-state index contributed by atoms with van der Waals surface area (Å²) in [7, 11) is 0. The third-order valence-corrected chi connectivity index (χ3v) is 5.12. The second-order valence-corrected chi connectivity index (χ2v) is 8.03. The first-order valence-corrected chi connectivity index (χ1v) is 11.3. The van der Waals surface area contributed by atoms with Crippen LogP contribution in [-0.4, -0.2) is 55.5 Å². The third-order valence-electron chi connectivity index (χ3n) is 4.87. The summed E-state index contributed by atoms with van der Waals surface area (Å²) in [6.07, 6.45) is -3.25. The van der Waals surface area contributed by atoms with Gasteiger partial charge in [-0.2, -0.15) is 4.98 Å². The van der Waals surface area contributed by atoms with Crippen molar-refractivity contribution in [3.63, 3.8) is 0 Å². The Morgan fingerprint density at radius 1 is 1.00 bits per heavy atom. The van der Waals surface area contributed by atoms with Crippen molar-refractivity contribution in [3.05, 3.63) is 87.4 Å². The summed E-state index contributed by atoms with van der Waals surface area (Å²) in [5, 5.41) is 32.9. The predicted molar refractivity (Wildman–Crippen MR) is 132 cm³/mol. The molecule has 13 nitrogen and oxygen atoms in total. The number of oxime groups is 1. The van der Waals surface area contributed by atoms with Crippen molar-refractivity contribution in [3.8, 4) is 5.75 Å². The molecule has 2 unspecified atom stereocenters. The number of anilines is 1. The van der Waals surface area contributed by atoms with E-state index in [0.29, 0.717) is 20.7 Å². The second kappa shape index (κ2) is 13.3. The number of rotatable bonds is 11. The number of aliphatic hydroxyl groups is 2. The molecular weight excluding hydrogens is 524 g/mol. The zero-order chi connectivity index (χ0) is 27.7. The van der Waals surface area contributed by atoms with Crippen molar-refractivity contribution in [1.82, 2.24) is 9.55 Å². The molecule has 2 atom stereocenters. The van der Waals surface area contributed by atoms with Crippen molar-refractivity contribution in [2.45, 2.75) is 25.5 Å². The van der Waals surface area contributed by atoms with Crippen LogP contribution in [0.15, 0.2) is 70.7 Å². The van der Waals surface area contributed by atoms with Crippen LogP contribution in [0.3, 0.4) is 0 Å². The van der Waals surface area contributed by atoms with Crippen molar-refractivity contribution >= 4 is 35.1 Å². The maximum absolute atomic E-state index is 12.1. The molecule has 14 heteroatoms. The quantitative estimate of drug-likeness (QED) is 0.0677. The SMILES string of the molecule is Nc1ccn(C(O)OC(O)COC(=O)CCC(=O)Oc2ccc(/C(=N/O)c3ccc(Cl)cc3)cc2)c(=O)n1. The van der Waals surface area contributed by atoms with E-state index >= 15 is 0 Å². The summed E-state index contributed by atoms with van der Waals surface area (Å²) in [6.45, 7) is -0.675. The Kier molecular flexibility index (Phi) is 9.90. The van der Waals surface area contributed by atoms with E-state index in [9.17, 15) is 29.8 Å². The fourth-order valence-electron chi connectivity index (χ4n) is 3.03. The van der Waals surface area contributed by atoms with E-state index < -0.39 is 36.9 Å². The van der Waals surface area contributed by atoms with Crippen LogP contribution in [0.5, 0.6) is 5.75 Å². The standard InChI is InChI=1S/C24H23ClN4O9/c25-16-5-1-14(2-6-16)22(28-35)15-3-7-17(8-4-15)37-20(31)10-9-19(30)36-13-21(32)38-24(34)29-12-11-18(26)27-23(29)33/h1-8,11-12,21,24,32,34-35H,9-10,13H2,(H2,26,27,33)/b28-22+. The molecule has 5 N–H and O–H groups in total. The van der Waals surface area contributed by atoms with E-state index in [0.717, 1.165) is 6.20 Å². The van der Waals surface area contributed by atoms with Crippen LogP contribution in [0.25, 0.3) is 0 Å². The minimum atomic E-state index is -1.91. The highest BCUT2D eigenvalue weighted by atomic mass is 35.5. The lowest BCUT2D eigenvalue weighted by molar-refractivity contribution is -0.256. The van der Waals surface area contributed by atoms with Gasteiger partial charge in [0.2, 0.25) is 6.41 Å². The molecule has 0 saturated heterocycles. The Bertz CT molecular complexity index is 1340. The van der Waals surface area contributed by atoms with E-state index in [1.54, 1.807) is 36.4 Å². The lowest BCUT2D eigenvalue weighted by atomic mass is 10.0. The summed E-state index contributed by atoms with van der Waals surface area (Å²) in [5.74, 6) is -1.42. The molecule has 3 aromatic rings. The molecule has 1 heterocycles. The number of carbonyl (C=O) groups is 2. The molecule has 0 spiro atoms. The summed E-state index contributed by atoms with van der Waals surface area (Å²) in [6, 6.07) is 14.1. The first-order valence-electron chi connectivity index (χ1n) is 11.0. The number of ether oxygens (including phenoxy) is 3. The molecule has 2 aromatic carbocycles. The topological polar surface area (TPSA) is 196 Å². The zero-order valence-electron chi connectivity index (χ0n) is 19.6. The highest BCUT2D eigenvalue weighted by Gasteiger charge is 2.18. The zero-order valence-corrected chi connectivity index (χ0v) is 20.4. The first-order chi connectivity index (χ1) is 18.2. The minimum Gasteiger partial charge on any atom is -0.460 e. The van der Waals surface area contributed by atoms with Gasteiger partial charge in [0.05, 0.1) is 12.8 Å². The monoisotopic (exact) mass is 546 g/mol. The number of aliphatic hydroxyl groups excluding tert-OH is 2. The van der Waals surface area contributed by atoms with Crippen LogP contribution in [0.2, 0.25) is 5.02 Å². The maximum Gasteiger partial charge on any atom is 0.353 e. The van der Waals surface area contributed by atoms with Gasteiger partial charge in [-0.15, -0.1) is 0 Å². The fourth-order valence-corrected chi connectivity index (χ4v) is 3.16. The Balaban J connectivity index is 1.42. The molecule has 0 saturated carbocycles. The van der Waals surface area contributed by atoms with Gasteiger partial charge in [0.25, 0.3) is 0 Å². The normalized spacial score (nSPS) is 13.0. The summed E-state index contributed by atoms with van der Waals surface area (Å²) < 4.78 is 15.4. The van der Waals surface area contributed by atoms with Crippen molar-refractivity contribution in [2.75, 3.05) is 12.3 Å². The van der Waals surface area contributed by atoms with Crippen LogP contribution in [-0.2, 0) is 19.1 Å². The van der Waals surface area contributed by atoms with Gasteiger partial charge in [-0.25, -0.2) is 9.36 Å². The molecular formula is C24H23ClN4O9. The first kappa shape index (κ1) is 28.3. The van der Waals surface area contributed by atoms with E-state index in [1.807, 2.05) is 0 Å². The lowest BCUT2D eigenvalue weighted by Crippen LogP contribution is -2.32. The average Bonchev–Trinajstić information content (AvgIpc) is 2.88. The largest absolute Gasteiger partial charge is 0.460 e. The number of nitrogen functional groups attached to an aromatic ring is 1. The van der Waals surface area contributed by atoms with Gasteiger partial charge in [0.15, 0.2) is 6.29 Å². The molecule has 38 heavy (non-hydrogen) atoms. The Morgan fingerprint density at radius 2 is 1.61 bits per heavy atom. The van der Waals surface area contributed by atoms with Crippen LogP contribution < -0.4 is 16.2 Å². The fraction of sp³-hybridized carbons (Fsp3) is 0.208. The molecule has 0 aliphatic heterocycles. The predicted octanol–water partition coefficient (Wildman–Crippen LogP) is 1.42. The molecule has 0 amide bonds. The third kappa shape index (κ3) is 8.11. The molecule has 0 fully saturated rings. The summed E-state index contributed by atoms with van der Waals surface area (Å²) in [5.41, 5.74) is 5.90. The molecule has 200 valence electrons. The number of benzene rings is 2. The number of nitrogens with two attached hydrogens (primary N) is 1. The summed E-state index contributed by atoms with van der Waals surface area (Å²) in [4.78, 5) is 39.0. The van der Waals surface area contributed by atoms with Gasteiger partial charge < -0.3 is 35.4 Å². The Morgan fingerprint density at radius 3 is 2.21 bits per heavy atom. The van der Waals surface area contributed by atoms with E-state index in [1.165, 1.54) is 18.2 Å². The number of carbonyl (C=O) groups excluding carboxylic acids is 2. The lowest BCUT2D eigenvalue weighted by Gasteiger charge is -2.18. The van der Waals surface area contributed by atoms with Crippen LogP contribution >= 0.6 is 11.6 Å². The van der Waals surface area contributed by atoms with E-state index in [-0.39, 0.29) is 30.1 Å². The van der Waals surface area contributed by atoms with Gasteiger partial charge in [-0.1, -0.05) is 28.9 Å². The molecule has 0 radical (unpaired) electrons. The van der Waals surface area contributed by atoms with Crippen LogP contribution in [0, 0.1) is 0 Å². The molecule has 1 aromatic heterocycles. The van der Waals surface area contributed by atoms with E-state index in [2.05, 4.69) is 10.1 Å². The maximum atomic E-state index is 12.1. The smallest absolute Gasteiger partial charge is 0.353 e. The van der Waals surface area contributed by atoms with Crippen LogP contribution in [0.1, 0.15) is 30.4 Å². The number of halogens is 1. The van der Waals surface area contributed by atoms with Gasteiger partial charge in [0, 0.05) is 22.3 Å². The second-order valence-electron chi connectivity index (χ2n) is 7.60. The van der Waals surface area contributed by atoms with Gasteiger partial charge in [-0.05, 0) is 42.5 Å². The Labute approximate surface area is 220 Å². The van der Waals surface area contributed by atoms with Crippen molar-refractivity contribution in [1.29, 1.82) is 0 Å². The minimum absolute atomic E-state index is 0.0667. The number of nitrogens with zero attached hydrogens (tertiary/aromatic N) is 3. The van der Waals surface area contributed by atoms with Crippen molar-refractivity contribution in [2.24, 2.45) is 5.16 Å². The van der Waals surface area contributed by atoms with E-state index in [4.69, 9.17) is 31.5 Å². The number of hydrogen-bond donors (Lipinski definition) is 4. The number of aromatic nitrogens is 2. The molecule has 0 bridgehead atoms.